The summed E-state index contributed by atoms with van der Waals surface area (Å²) >= 11 is 6.06. The van der Waals surface area contributed by atoms with Crippen LogP contribution in [0.1, 0.15) is 36.2 Å². The molecule has 1 heterocycles. The quantitative estimate of drug-likeness (QED) is 0.293. The Bertz CT molecular complexity index is 600. The van der Waals surface area contributed by atoms with Crippen LogP contribution in [0.4, 0.5) is 0 Å². The molecule has 1 unspecified atom stereocenters. The molecule has 6 nitrogen and oxygen atoms in total. The van der Waals surface area contributed by atoms with Crippen LogP contribution in [-0.4, -0.2) is 34.7 Å². The number of hydrogen-bond donors (Lipinski definition) is 2. The molecule has 7 heteroatoms. The summed E-state index contributed by atoms with van der Waals surface area (Å²) in [5.74, 6) is -0.177. The van der Waals surface area contributed by atoms with Crippen molar-refractivity contribution in [1.82, 2.24) is 0 Å². The highest BCUT2D eigenvalue weighted by atomic mass is 35.5. The molecule has 2 N–H and O–H groups in total. The van der Waals surface area contributed by atoms with Crippen LogP contribution in [0.5, 0.6) is 11.5 Å². The molecule has 0 amide bonds. The molecule has 1 aromatic carbocycles. The molecule has 0 bridgehead atoms. The number of phenolic OH excluding ortho intramolecular Hbond substituents is 1. The molecule has 21 heavy (non-hydrogen) atoms. The van der Waals surface area contributed by atoms with Gasteiger partial charge in [-0.1, -0.05) is 23.7 Å². The second kappa shape index (κ2) is 6.22. The van der Waals surface area contributed by atoms with E-state index in [0.717, 1.165) is 0 Å². The second-order valence-electron chi connectivity index (χ2n) is 4.53. The van der Waals surface area contributed by atoms with Gasteiger partial charge < -0.3 is 19.8 Å². The standard InChI is InChI=1S/C14H16ClNO5/c1-3-9(17)8-5-7-6-10(14(16-19)20-4-2)21-13(7)11(15)12(8)18/h5,10,18-19H,3-4,6H2,1-2H3/b16-14+. The molecule has 0 spiro atoms. The van der Waals surface area contributed by atoms with E-state index >= 15 is 0 Å². The predicted octanol–water partition coefficient (Wildman–Crippen LogP) is 2.77. The van der Waals surface area contributed by atoms with Crippen LogP contribution in [0.2, 0.25) is 5.02 Å². The van der Waals surface area contributed by atoms with Gasteiger partial charge in [0.25, 0.3) is 5.90 Å². The Hall–Kier alpha value is -1.95. The zero-order valence-electron chi connectivity index (χ0n) is 11.7. The summed E-state index contributed by atoms with van der Waals surface area (Å²) in [6.07, 6.45) is -0.0256. The molecule has 1 aromatic rings. The maximum absolute atomic E-state index is 11.8. The van der Waals surface area contributed by atoms with Crippen LogP contribution in [-0.2, 0) is 11.2 Å². The minimum Gasteiger partial charge on any atom is -0.505 e. The number of nitrogens with zero attached hydrogens (tertiary/aromatic N) is 1. The largest absolute Gasteiger partial charge is 0.505 e. The lowest BCUT2D eigenvalue weighted by atomic mass is 10.0. The molecule has 0 radical (unpaired) electrons. The maximum atomic E-state index is 11.8. The molecule has 2 rings (SSSR count). The third kappa shape index (κ3) is 2.76. The molecule has 0 fully saturated rings. The first kappa shape index (κ1) is 15.4. The summed E-state index contributed by atoms with van der Waals surface area (Å²) < 4.78 is 10.8. The molecule has 1 atom stereocenters. The topological polar surface area (TPSA) is 88.4 Å². The fourth-order valence-corrected chi connectivity index (χ4v) is 2.48. The van der Waals surface area contributed by atoms with Crippen LogP contribution >= 0.6 is 11.6 Å². The Morgan fingerprint density at radius 2 is 2.29 bits per heavy atom. The van der Waals surface area contributed by atoms with Crippen molar-refractivity contribution in [1.29, 1.82) is 0 Å². The number of aromatic hydroxyl groups is 1. The lowest BCUT2D eigenvalue weighted by Gasteiger charge is -2.13. The molecule has 0 aromatic heterocycles. The molecule has 0 saturated heterocycles. The van der Waals surface area contributed by atoms with E-state index in [1.54, 1.807) is 19.9 Å². The number of phenols is 1. The normalized spacial score (nSPS) is 17.3. The maximum Gasteiger partial charge on any atom is 0.267 e. The number of Topliss-reactive ketones (excluding diaryl/α,β-unsaturated/α-hetero) is 1. The Balaban J connectivity index is 2.37. The van der Waals surface area contributed by atoms with Crippen molar-refractivity contribution in [3.63, 3.8) is 0 Å². The first-order valence-electron chi connectivity index (χ1n) is 6.62. The number of fused-ring (bicyclic) bond motifs is 1. The zero-order valence-corrected chi connectivity index (χ0v) is 12.5. The molecule has 0 aliphatic carbocycles. The summed E-state index contributed by atoms with van der Waals surface area (Å²) in [6.45, 7) is 3.78. The van der Waals surface area contributed by atoms with Gasteiger partial charge in [-0.25, -0.2) is 0 Å². The number of benzene rings is 1. The number of hydrogen-bond acceptors (Lipinski definition) is 6. The highest BCUT2D eigenvalue weighted by molar-refractivity contribution is 6.34. The summed E-state index contributed by atoms with van der Waals surface area (Å²) in [4.78, 5) is 11.8. The molecule has 0 saturated carbocycles. The monoisotopic (exact) mass is 313 g/mol. The van der Waals surface area contributed by atoms with Gasteiger partial charge in [0.1, 0.15) is 16.5 Å². The van der Waals surface area contributed by atoms with Crippen LogP contribution in [0.15, 0.2) is 11.2 Å². The van der Waals surface area contributed by atoms with Gasteiger partial charge in [0, 0.05) is 18.4 Å². The molecule has 1 aliphatic rings. The van der Waals surface area contributed by atoms with Crippen LogP contribution in [0, 0.1) is 0 Å². The number of rotatable bonds is 4. The van der Waals surface area contributed by atoms with Crippen molar-refractivity contribution in [2.45, 2.75) is 32.8 Å². The highest BCUT2D eigenvalue weighted by Crippen LogP contribution is 2.44. The second-order valence-corrected chi connectivity index (χ2v) is 4.91. The van der Waals surface area contributed by atoms with Crippen molar-refractivity contribution >= 4 is 23.3 Å². The van der Waals surface area contributed by atoms with E-state index in [1.165, 1.54) is 0 Å². The fourth-order valence-electron chi connectivity index (χ4n) is 2.21. The summed E-state index contributed by atoms with van der Waals surface area (Å²) in [5.41, 5.74) is 0.838. The fraction of sp³-hybridized carbons (Fsp3) is 0.429. The lowest BCUT2D eigenvalue weighted by molar-refractivity contribution is 0.0985. The van der Waals surface area contributed by atoms with E-state index in [0.29, 0.717) is 18.6 Å². The number of ketones is 1. The van der Waals surface area contributed by atoms with Crippen molar-refractivity contribution in [2.75, 3.05) is 6.61 Å². The van der Waals surface area contributed by atoms with Crippen molar-refractivity contribution in [2.24, 2.45) is 5.16 Å². The van der Waals surface area contributed by atoms with Crippen LogP contribution in [0.25, 0.3) is 0 Å². The molecule has 1 aliphatic heterocycles. The summed E-state index contributed by atoms with van der Waals surface area (Å²) in [6, 6.07) is 1.56. The Morgan fingerprint density at radius 3 is 2.86 bits per heavy atom. The van der Waals surface area contributed by atoms with E-state index in [2.05, 4.69) is 5.16 Å². The van der Waals surface area contributed by atoms with Gasteiger partial charge in [0.05, 0.1) is 12.2 Å². The predicted molar refractivity (Wildman–Crippen MR) is 76.7 cm³/mol. The van der Waals surface area contributed by atoms with Crippen LogP contribution in [0.3, 0.4) is 0 Å². The van der Waals surface area contributed by atoms with Gasteiger partial charge >= 0.3 is 0 Å². The van der Waals surface area contributed by atoms with Crippen molar-refractivity contribution in [3.05, 3.63) is 22.2 Å². The van der Waals surface area contributed by atoms with E-state index < -0.39 is 6.10 Å². The van der Waals surface area contributed by atoms with E-state index in [9.17, 15) is 9.90 Å². The number of carbonyl (C=O) groups is 1. The van der Waals surface area contributed by atoms with Gasteiger partial charge in [-0.2, -0.15) is 0 Å². The van der Waals surface area contributed by atoms with Gasteiger partial charge in [-0.05, 0) is 13.0 Å². The number of ether oxygens (including phenoxy) is 2. The van der Waals surface area contributed by atoms with Crippen LogP contribution < -0.4 is 4.74 Å². The third-order valence-corrected chi connectivity index (χ3v) is 3.58. The molecule has 114 valence electrons. The Labute approximate surface area is 126 Å². The van der Waals surface area contributed by atoms with Gasteiger partial charge in [0.15, 0.2) is 11.9 Å². The van der Waals surface area contributed by atoms with Gasteiger partial charge in [0.2, 0.25) is 0 Å². The highest BCUT2D eigenvalue weighted by Gasteiger charge is 2.33. The van der Waals surface area contributed by atoms with E-state index in [4.69, 9.17) is 26.3 Å². The summed E-state index contributed by atoms with van der Waals surface area (Å²) in [7, 11) is 0. The van der Waals surface area contributed by atoms with Crippen molar-refractivity contribution < 1.29 is 24.6 Å². The minimum absolute atomic E-state index is 0.0133. The number of halogens is 1. The van der Waals surface area contributed by atoms with E-state index in [-0.39, 0.29) is 40.2 Å². The smallest absolute Gasteiger partial charge is 0.267 e. The average molecular weight is 314 g/mol. The van der Waals surface area contributed by atoms with Gasteiger partial charge in [-0.15, -0.1) is 0 Å². The Morgan fingerprint density at radius 1 is 1.57 bits per heavy atom. The SMILES string of the molecule is CCO/C(=N/O)C1Cc2cc(C(=O)CC)c(O)c(Cl)c2O1. The van der Waals surface area contributed by atoms with Crippen molar-refractivity contribution in [3.8, 4) is 11.5 Å². The number of carbonyl (C=O) groups excluding carboxylic acids is 1. The first-order valence-corrected chi connectivity index (χ1v) is 7.00. The summed E-state index contributed by atoms with van der Waals surface area (Å²) in [5, 5.41) is 22.0. The lowest BCUT2D eigenvalue weighted by Crippen LogP contribution is -2.27. The Kier molecular flexibility index (Phi) is 4.57. The third-order valence-electron chi connectivity index (χ3n) is 3.23. The number of oxime groups is 1. The minimum atomic E-state index is -0.631. The molecular weight excluding hydrogens is 298 g/mol. The zero-order chi connectivity index (χ0) is 15.6. The first-order chi connectivity index (χ1) is 10.0. The van der Waals surface area contributed by atoms with E-state index in [1.807, 2.05) is 0 Å². The molecular formula is C14H16ClNO5. The van der Waals surface area contributed by atoms with Gasteiger partial charge in [-0.3, -0.25) is 4.79 Å². The average Bonchev–Trinajstić information content (AvgIpc) is 2.91.